The first-order chi connectivity index (χ1) is 12.6. The fraction of sp³-hybridized carbons (Fsp3) is 0.421. The molecule has 136 valence electrons. The van der Waals surface area contributed by atoms with Gasteiger partial charge >= 0.3 is 0 Å². The maximum Gasteiger partial charge on any atom is 0.255 e. The lowest BCUT2D eigenvalue weighted by Crippen LogP contribution is -2.36. The van der Waals surface area contributed by atoms with Crippen LogP contribution in [0.4, 0.5) is 0 Å². The van der Waals surface area contributed by atoms with Crippen LogP contribution in [0.5, 0.6) is 0 Å². The second-order valence-electron chi connectivity index (χ2n) is 6.61. The van der Waals surface area contributed by atoms with E-state index >= 15 is 0 Å². The third-order valence-corrected chi connectivity index (χ3v) is 6.94. The molecule has 7 heteroatoms. The number of rotatable bonds is 5. The van der Waals surface area contributed by atoms with Crippen molar-refractivity contribution in [2.45, 2.75) is 36.9 Å². The number of amides is 1. The zero-order chi connectivity index (χ0) is 18.1. The Hall–Kier alpha value is -1.73. The molecular weight excluding hydrogens is 368 g/mol. The summed E-state index contributed by atoms with van der Waals surface area (Å²) >= 11 is 2.90. The molecular formula is C19H20N2O3S2. The van der Waals surface area contributed by atoms with Crippen LogP contribution >= 0.6 is 23.5 Å². The van der Waals surface area contributed by atoms with E-state index in [0.29, 0.717) is 12.2 Å². The third kappa shape index (κ3) is 3.42. The van der Waals surface area contributed by atoms with E-state index in [4.69, 9.17) is 0 Å². The molecule has 26 heavy (non-hydrogen) atoms. The van der Waals surface area contributed by atoms with Crippen LogP contribution in [-0.4, -0.2) is 33.1 Å². The number of aromatic nitrogens is 1. The van der Waals surface area contributed by atoms with Crippen LogP contribution in [0.15, 0.2) is 29.1 Å². The van der Waals surface area contributed by atoms with Crippen molar-refractivity contribution in [3.05, 3.63) is 45.7 Å². The fourth-order valence-electron chi connectivity index (χ4n) is 3.59. The Balaban J connectivity index is 1.45. The van der Waals surface area contributed by atoms with Crippen LogP contribution < -0.4 is 10.9 Å². The van der Waals surface area contributed by atoms with Gasteiger partial charge in [0, 0.05) is 30.0 Å². The van der Waals surface area contributed by atoms with Crippen molar-refractivity contribution in [3.63, 3.8) is 0 Å². The Bertz CT molecular complexity index is 938. The van der Waals surface area contributed by atoms with Crippen LogP contribution in [0.2, 0.25) is 0 Å². The predicted octanol–water partition coefficient (Wildman–Crippen LogP) is 2.33. The van der Waals surface area contributed by atoms with Crippen molar-refractivity contribution >= 4 is 46.1 Å². The lowest BCUT2D eigenvalue weighted by molar-refractivity contribution is -0.123. The van der Waals surface area contributed by atoms with Crippen LogP contribution in [-0.2, 0) is 28.3 Å². The fourth-order valence-corrected chi connectivity index (χ4v) is 5.46. The summed E-state index contributed by atoms with van der Waals surface area (Å²) in [4.78, 5) is 36.4. The van der Waals surface area contributed by atoms with E-state index < -0.39 is 5.37 Å². The van der Waals surface area contributed by atoms with E-state index in [2.05, 4.69) is 11.4 Å². The van der Waals surface area contributed by atoms with Gasteiger partial charge in [-0.3, -0.25) is 14.4 Å². The number of nitrogens with one attached hydrogen (secondary N) is 1. The number of para-hydroxylation sites is 1. The minimum absolute atomic E-state index is 0.0547. The smallest absolute Gasteiger partial charge is 0.255 e. The molecule has 0 saturated carbocycles. The Morgan fingerprint density at radius 2 is 2.19 bits per heavy atom. The molecule has 0 aliphatic carbocycles. The summed E-state index contributed by atoms with van der Waals surface area (Å²) in [5, 5.41) is 3.47. The van der Waals surface area contributed by atoms with Gasteiger partial charge in [0.15, 0.2) is 5.78 Å². The maximum absolute atomic E-state index is 12.8. The number of thioether (sulfide) groups is 2. The van der Waals surface area contributed by atoms with Gasteiger partial charge in [-0.1, -0.05) is 18.2 Å². The molecule has 2 aliphatic rings. The number of carbonyl (C=O) groups is 2. The van der Waals surface area contributed by atoms with Gasteiger partial charge < -0.3 is 9.88 Å². The minimum Gasteiger partial charge on any atom is -0.337 e. The van der Waals surface area contributed by atoms with Crippen molar-refractivity contribution in [1.82, 2.24) is 9.88 Å². The lowest BCUT2D eigenvalue weighted by Gasteiger charge is -2.20. The van der Waals surface area contributed by atoms with Crippen LogP contribution in [0, 0.1) is 0 Å². The SMILES string of the molecule is O=C(CSCc1cc2cccc3c2n(c1=O)CCC3)N[C@H]1SCCC1=O. The molecule has 0 unspecified atom stereocenters. The zero-order valence-corrected chi connectivity index (χ0v) is 16.0. The molecule has 2 aliphatic heterocycles. The summed E-state index contributed by atoms with van der Waals surface area (Å²) in [6.45, 7) is 0.756. The second kappa shape index (κ2) is 7.48. The third-order valence-electron chi connectivity index (χ3n) is 4.81. The van der Waals surface area contributed by atoms with Crippen molar-refractivity contribution < 1.29 is 9.59 Å². The lowest BCUT2D eigenvalue weighted by atomic mass is 10.0. The number of carbonyl (C=O) groups excluding carboxylic acids is 2. The summed E-state index contributed by atoms with van der Waals surface area (Å²) in [7, 11) is 0. The molecule has 1 N–H and O–H groups in total. The van der Waals surface area contributed by atoms with Crippen molar-refractivity contribution in [1.29, 1.82) is 0 Å². The van der Waals surface area contributed by atoms with Gasteiger partial charge in [0.25, 0.3) is 5.56 Å². The summed E-state index contributed by atoms with van der Waals surface area (Å²) in [5.41, 5.74) is 3.09. The van der Waals surface area contributed by atoms with Crippen molar-refractivity contribution in [3.8, 4) is 0 Å². The number of benzene rings is 1. The topological polar surface area (TPSA) is 68.2 Å². The largest absolute Gasteiger partial charge is 0.337 e. The Morgan fingerprint density at radius 1 is 1.31 bits per heavy atom. The van der Waals surface area contributed by atoms with Crippen molar-refractivity contribution in [2.24, 2.45) is 0 Å². The van der Waals surface area contributed by atoms with Gasteiger partial charge in [-0.15, -0.1) is 23.5 Å². The highest BCUT2D eigenvalue weighted by molar-refractivity contribution is 8.01. The molecule has 1 fully saturated rings. The van der Waals surface area contributed by atoms with Gasteiger partial charge in [-0.25, -0.2) is 0 Å². The first-order valence-corrected chi connectivity index (χ1v) is 11.0. The van der Waals surface area contributed by atoms with Gasteiger partial charge in [0.1, 0.15) is 5.37 Å². The molecule has 1 aromatic carbocycles. The monoisotopic (exact) mass is 388 g/mol. The first kappa shape index (κ1) is 17.7. The number of Topliss-reactive ketones (excluding diaryl/α,β-unsaturated/α-hetero) is 1. The van der Waals surface area contributed by atoms with Crippen LogP contribution in [0.3, 0.4) is 0 Å². The summed E-state index contributed by atoms with van der Waals surface area (Å²) in [5.74, 6) is 1.47. The highest BCUT2D eigenvalue weighted by atomic mass is 32.2. The van der Waals surface area contributed by atoms with E-state index in [1.54, 1.807) is 0 Å². The van der Waals surface area contributed by atoms with Crippen LogP contribution in [0.1, 0.15) is 24.0 Å². The van der Waals surface area contributed by atoms with Gasteiger partial charge in [-0.2, -0.15) is 0 Å². The normalized spacial score (nSPS) is 19.1. The van der Waals surface area contributed by atoms with E-state index in [1.807, 2.05) is 22.8 Å². The summed E-state index contributed by atoms with van der Waals surface area (Å²) in [6, 6.07) is 8.14. The van der Waals surface area contributed by atoms with Crippen molar-refractivity contribution in [2.75, 3.05) is 11.5 Å². The number of pyridine rings is 1. The quantitative estimate of drug-likeness (QED) is 0.851. The predicted molar refractivity (Wildman–Crippen MR) is 107 cm³/mol. The maximum atomic E-state index is 12.8. The average Bonchev–Trinajstić information content (AvgIpc) is 3.04. The Morgan fingerprint density at radius 3 is 3.00 bits per heavy atom. The molecule has 1 amide bonds. The molecule has 0 radical (unpaired) electrons. The second-order valence-corrected chi connectivity index (χ2v) is 8.81. The molecule has 0 spiro atoms. The van der Waals surface area contributed by atoms with E-state index in [-0.39, 0.29) is 23.0 Å². The number of ketones is 1. The average molecular weight is 389 g/mol. The van der Waals surface area contributed by atoms with Gasteiger partial charge in [0.05, 0.1) is 11.3 Å². The molecule has 0 bridgehead atoms. The minimum atomic E-state index is -0.391. The van der Waals surface area contributed by atoms with E-state index in [0.717, 1.165) is 41.6 Å². The molecule has 5 nitrogen and oxygen atoms in total. The molecule has 3 heterocycles. The summed E-state index contributed by atoms with van der Waals surface area (Å²) < 4.78 is 1.89. The van der Waals surface area contributed by atoms with Gasteiger partial charge in [0.2, 0.25) is 5.91 Å². The Kier molecular flexibility index (Phi) is 5.09. The molecule has 4 rings (SSSR count). The molecule has 1 aromatic heterocycles. The highest BCUT2D eigenvalue weighted by Gasteiger charge is 2.26. The zero-order valence-electron chi connectivity index (χ0n) is 14.3. The van der Waals surface area contributed by atoms with Crippen LogP contribution in [0.25, 0.3) is 10.9 Å². The number of hydrogen-bond acceptors (Lipinski definition) is 5. The molecule has 1 saturated heterocycles. The number of nitrogens with zero attached hydrogens (tertiary/aromatic N) is 1. The number of aryl methyl sites for hydroxylation is 2. The van der Waals surface area contributed by atoms with E-state index in [9.17, 15) is 14.4 Å². The molecule has 2 aromatic rings. The number of hydrogen-bond donors (Lipinski definition) is 1. The first-order valence-electron chi connectivity index (χ1n) is 8.79. The highest BCUT2D eigenvalue weighted by Crippen LogP contribution is 2.25. The standard InChI is InChI=1S/C19H20N2O3S2/c22-15-6-8-26-18(15)20-16(23)11-25-10-14-9-13-4-1-3-12-5-2-7-21(17(12)13)19(14)24/h1,3-4,9,18H,2,5-8,10-11H2,(H,20,23)/t18-/m0/s1. The van der Waals surface area contributed by atoms with E-state index in [1.165, 1.54) is 29.1 Å². The molecule has 1 atom stereocenters. The summed E-state index contributed by atoms with van der Waals surface area (Å²) in [6.07, 6.45) is 2.53. The Labute approximate surface area is 159 Å². The van der Waals surface area contributed by atoms with Gasteiger partial charge in [-0.05, 0) is 29.9 Å².